The van der Waals surface area contributed by atoms with Crippen LogP contribution in [0.15, 0.2) is 36.9 Å². The number of ether oxygens (including phenoxy) is 1. The molecule has 1 amide bonds. The van der Waals surface area contributed by atoms with Crippen molar-refractivity contribution in [2.45, 2.75) is 13.0 Å². The van der Waals surface area contributed by atoms with Gasteiger partial charge in [0.15, 0.2) is 0 Å². The van der Waals surface area contributed by atoms with Crippen LogP contribution in [0.25, 0.3) is 0 Å². The largest absolute Gasteiger partial charge is 0.383 e. The zero-order chi connectivity index (χ0) is 13.4. The Morgan fingerprint density at radius 3 is 2.67 bits per heavy atom. The van der Waals surface area contributed by atoms with E-state index < -0.39 is 0 Å². The highest BCUT2D eigenvalue weighted by molar-refractivity contribution is 5.94. The first kappa shape index (κ1) is 14.3. The average molecular weight is 248 g/mol. The van der Waals surface area contributed by atoms with Gasteiger partial charge in [-0.25, -0.2) is 0 Å². The predicted octanol–water partition coefficient (Wildman–Crippen LogP) is 2.05. The second kappa shape index (κ2) is 7.50. The zero-order valence-electron chi connectivity index (χ0n) is 10.9. The van der Waals surface area contributed by atoms with E-state index in [2.05, 4.69) is 17.2 Å². The molecule has 1 aromatic carbocycles. The smallest absolute Gasteiger partial charge is 0.251 e. The lowest BCUT2D eigenvalue weighted by atomic mass is 10.2. The van der Waals surface area contributed by atoms with E-state index in [1.165, 1.54) is 0 Å². The molecule has 98 valence electrons. The van der Waals surface area contributed by atoms with Gasteiger partial charge in [-0.05, 0) is 31.2 Å². The van der Waals surface area contributed by atoms with E-state index in [0.29, 0.717) is 18.7 Å². The molecule has 0 saturated carbocycles. The molecule has 0 saturated heterocycles. The fourth-order valence-electron chi connectivity index (χ4n) is 1.56. The molecule has 0 fully saturated rings. The molecular weight excluding hydrogens is 228 g/mol. The Morgan fingerprint density at radius 2 is 2.11 bits per heavy atom. The summed E-state index contributed by atoms with van der Waals surface area (Å²) in [4.78, 5) is 11.6. The first-order chi connectivity index (χ1) is 8.67. The normalized spacial score (nSPS) is 11.7. The third-order valence-electron chi connectivity index (χ3n) is 2.38. The first-order valence-electron chi connectivity index (χ1n) is 5.92. The quantitative estimate of drug-likeness (QED) is 0.726. The van der Waals surface area contributed by atoms with E-state index in [1.54, 1.807) is 25.3 Å². The van der Waals surface area contributed by atoms with E-state index in [-0.39, 0.29) is 11.9 Å². The Labute approximate surface area is 108 Å². The summed E-state index contributed by atoms with van der Waals surface area (Å²) in [5, 5.41) is 6.01. The highest BCUT2D eigenvalue weighted by Crippen LogP contribution is 2.10. The number of nitrogens with one attached hydrogen (secondary N) is 2. The van der Waals surface area contributed by atoms with E-state index in [1.807, 2.05) is 19.1 Å². The minimum absolute atomic E-state index is 0.0913. The van der Waals surface area contributed by atoms with Crippen molar-refractivity contribution in [3.8, 4) is 0 Å². The molecule has 18 heavy (non-hydrogen) atoms. The van der Waals surface area contributed by atoms with Crippen molar-refractivity contribution in [3.63, 3.8) is 0 Å². The van der Waals surface area contributed by atoms with Crippen molar-refractivity contribution in [2.24, 2.45) is 0 Å². The number of carbonyl (C=O) groups excluding carboxylic acids is 1. The third-order valence-corrected chi connectivity index (χ3v) is 2.38. The van der Waals surface area contributed by atoms with Gasteiger partial charge in [-0.3, -0.25) is 4.79 Å². The summed E-state index contributed by atoms with van der Waals surface area (Å²) in [6.07, 6.45) is 1.65. The number of amides is 1. The lowest BCUT2D eigenvalue weighted by Crippen LogP contribution is -2.23. The standard InChI is InChI=1S/C14H20N2O2/c1-4-9-15-14(17)12-5-7-13(8-6-12)16-11(2)10-18-3/h4-8,11,16H,1,9-10H2,2-3H3,(H,15,17). The van der Waals surface area contributed by atoms with Gasteiger partial charge in [0, 0.05) is 30.9 Å². The topological polar surface area (TPSA) is 50.4 Å². The van der Waals surface area contributed by atoms with E-state index in [4.69, 9.17) is 4.74 Å². The molecule has 1 aromatic rings. The number of carbonyl (C=O) groups is 1. The minimum atomic E-state index is -0.0913. The zero-order valence-corrected chi connectivity index (χ0v) is 10.9. The summed E-state index contributed by atoms with van der Waals surface area (Å²) in [5.74, 6) is -0.0913. The summed E-state index contributed by atoms with van der Waals surface area (Å²) in [6, 6.07) is 7.58. The van der Waals surface area contributed by atoms with Crippen molar-refractivity contribution < 1.29 is 9.53 Å². The highest BCUT2D eigenvalue weighted by atomic mass is 16.5. The third kappa shape index (κ3) is 4.59. The Kier molecular flexibility index (Phi) is 5.94. The molecular formula is C14H20N2O2. The molecule has 0 aliphatic carbocycles. The molecule has 4 heteroatoms. The van der Waals surface area contributed by atoms with Crippen LogP contribution >= 0.6 is 0 Å². The number of anilines is 1. The molecule has 0 aromatic heterocycles. The van der Waals surface area contributed by atoms with Crippen LogP contribution in [0.3, 0.4) is 0 Å². The Balaban J connectivity index is 2.56. The first-order valence-corrected chi connectivity index (χ1v) is 5.92. The van der Waals surface area contributed by atoms with Gasteiger partial charge in [0.05, 0.1) is 6.61 Å². The van der Waals surface area contributed by atoms with Gasteiger partial charge >= 0.3 is 0 Å². The molecule has 1 unspecified atom stereocenters. The molecule has 0 spiro atoms. The molecule has 2 N–H and O–H groups in total. The molecule has 0 aliphatic rings. The summed E-state index contributed by atoms with van der Waals surface area (Å²) in [7, 11) is 1.67. The summed E-state index contributed by atoms with van der Waals surface area (Å²) in [6.45, 7) is 6.71. The number of hydrogen-bond donors (Lipinski definition) is 2. The molecule has 0 radical (unpaired) electrons. The van der Waals surface area contributed by atoms with Crippen molar-refractivity contribution in [1.82, 2.24) is 5.32 Å². The molecule has 4 nitrogen and oxygen atoms in total. The number of hydrogen-bond acceptors (Lipinski definition) is 3. The lowest BCUT2D eigenvalue weighted by Gasteiger charge is -2.14. The summed E-state index contributed by atoms with van der Waals surface area (Å²) in [5.41, 5.74) is 1.61. The van der Waals surface area contributed by atoms with Crippen molar-refractivity contribution in [3.05, 3.63) is 42.5 Å². The molecule has 0 heterocycles. The maximum absolute atomic E-state index is 11.6. The van der Waals surface area contributed by atoms with Crippen LogP contribution in [0.4, 0.5) is 5.69 Å². The molecule has 1 rings (SSSR count). The maximum Gasteiger partial charge on any atom is 0.251 e. The SMILES string of the molecule is C=CCNC(=O)c1ccc(NC(C)COC)cc1. The number of rotatable bonds is 7. The van der Waals surface area contributed by atoms with Crippen molar-refractivity contribution in [1.29, 1.82) is 0 Å². The second-order valence-corrected chi connectivity index (χ2v) is 4.08. The second-order valence-electron chi connectivity index (χ2n) is 4.08. The van der Waals surface area contributed by atoms with Crippen LogP contribution in [0, 0.1) is 0 Å². The van der Waals surface area contributed by atoms with Crippen molar-refractivity contribution >= 4 is 11.6 Å². The van der Waals surface area contributed by atoms with Gasteiger partial charge in [0.1, 0.15) is 0 Å². The fourth-order valence-corrected chi connectivity index (χ4v) is 1.56. The maximum atomic E-state index is 11.6. The lowest BCUT2D eigenvalue weighted by molar-refractivity contribution is 0.0958. The van der Waals surface area contributed by atoms with E-state index in [0.717, 1.165) is 5.69 Å². The monoisotopic (exact) mass is 248 g/mol. The predicted molar refractivity (Wildman–Crippen MR) is 73.9 cm³/mol. The van der Waals surface area contributed by atoms with Crippen LogP contribution in [-0.4, -0.2) is 32.2 Å². The van der Waals surface area contributed by atoms with E-state index in [9.17, 15) is 4.79 Å². The van der Waals surface area contributed by atoms with Crippen molar-refractivity contribution in [2.75, 3.05) is 25.6 Å². The Bertz CT molecular complexity index is 387. The molecule has 0 aliphatic heterocycles. The minimum Gasteiger partial charge on any atom is -0.383 e. The average Bonchev–Trinajstić information content (AvgIpc) is 2.37. The number of benzene rings is 1. The van der Waals surface area contributed by atoms with Gasteiger partial charge in [-0.1, -0.05) is 6.08 Å². The van der Waals surface area contributed by atoms with Crippen LogP contribution in [0.2, 0.25) is 0 Å². The van der Waals surface area contributed by atoms with Gasteiger partial charge in [0.25, 0.3) is 5.91 Å². The summed E-state index contributed by atoms with van der Waals surface area (Å²) >= 11 is 0. The van der Waals surface area contributed by atoms with Crippen LogP contribution in [0.5, 0.6) is 0 Å². The van der Waals surface area contributed by atoms with Gasteiger partial charge in [0.2, 0.25) is 0 Å². The van der Waals surface area contributed by atoms with Gasteiger partial charge in [-0.2, -0.15) is 0 Å². The summed E-state index contributed by atoms with van der Waals surface area (Å²) < 4.78 is 5.05. The molecule has 0 bridgehead atoms. The van der Waals surface area contributed by atoms with Crippen LogP contribution < -0.4 is 10.6 Å². The molecule has 1 atom stereocenters. The Morgan fingerprint density at radius 1 is 1.44 bits per heavy atom. The number of methoxy groups -OCH3 is 1. The van der Waals surface area contributed by atoms with Crippen LogP contribution in [-0.2, 0) is 4.74 Å². The Hall–Kier alpha value is -1.81. The fraction of sp³-hybridized carbons (Fsp3) is 0.357. The van der Waals surface area contributed by atoms with E-state index >= 15 is 0 Å². The van der Waals surface area contributed by atoms with Gasteiger partial charge < -0.3 is 15.4 Å². The highest BCUT2D eigenvalue weighted by Gasteiger charge is 2.05. The van der Waals surface area contributed by atoms with Crippen LogP contribution in [0.1, 0.15) is 17.3 Å². The van der Waals surface area contributed by atoms with Gasteiger partial charge in [-0.15, -0.1) is 6.58 Å².